The molecule has 0 aliphatic heterocycles. The highest BCUT2D eigenvalue weighted by atomic mass is 16.7. The Bertz CT molecular complexity index is 792. The minimum absolute atomic E-state index is 0.0435. The zero-order valence-corrected chi connectivity index (χ0v) is 26.0. The van der Waals surface area contributed by atoms with Crippen molar-refractivity contribution in [3.63, 3.8) is 0 Å². The van der Waals surface area contributed by atoms with E-state index in [1.807, 2.05) is 13.8 Å². The van der Waals surface area contributed by atoms with Crippen molar-refractivity contribution in [1.29, 1.82) is 0 Å². The van der Waals surface area contributed by atoms with Crippen molar-refractivity contribution in [1.82, 2.24) is 0 Å². The van der Waals surface area contributed by atoms with Gasteiger partial charge in [0.2, 0.25) is 0 Å². The molecule has 0 heterocycles. The molecule has 0 radical (unpaired) electrons. The van der Waals surface area contributed by atoms with Gasteiger partial charge in [-0.15, -0.1) is 0 Å². The van der Waals surface area contributed by atoms with E-state index in [9.17, 15) is 9.59 Å². The summed E-state index contributed by atoms with van der Waals surface area (Å²) in [6.45, 7) is 14.3. The second-order valence-electron chi connectivity index (χ2n) is 15.0. The summed E-state index contributed by atoms with van der Waals surface area (Å²) in [7, 11) is 0. The SMILES string of the molecule is CC(OCC1CCC(COC(C)OC(=O)C2CC3CC2CC3C(C)C)CC1)OC(=O)C1CC2CC1CC2C(C)C. The zero-order chi connectivity index (χ0) is 28.6. The van der Waals surface area contributed by atoms with Crippen LogP contribution in [0.3, 0.4) is 0 Å². The molecule has 4 bridgehead atoms. The van der Waals surface area contributed by atoms with Crippen molar-refractivity contribution in [3.05, 3.63) is 0 Å². The summed E-state index contributed by atoms with van der Waals surface area (Å²) in [6, 6.07) is 0. The largest absolute Gasteiger partial charge is 0.436 e. The van der Waals surface area contributed by atoms with Crippen LogP contribution in [0.1, 0.15) is 106 Å². The quantitative estimate of drug-likeness (QED) is 0.185. The molecule has 10 unspecified atom stereocenters. The van der Waals surface area contributed by atoms with Crippen LogP contribution >= 0.6 is 0 Å². The summed E-state index contributed by atoms with van der Waals surface area (Å²) in [5.41, 5.74) is 0. The Morgan fingerprint density at radius 2 is 0.925 bits per heavy atom. The molecule has 6 nitrogen and oxygen atoms in total. The third kappa shape index (κ3) is 6.90. The van der Waals surface area contributed by atoms with Gasteiger partial charge in [-0.3, -0.25) is 9.59 Å². The minimum atomic E-state index is -0.476. The van der Waals surface area contributed by atoms with Crippen LogP contribution in [0.4, 0.5) is 0 Å². The molecule has 0 N–H and O–H groups in total. The molecule has 40 heavy (non-hydrogen) atoms. The number of esters is 2. The maximum Gasteiger partial charge on any atom is 0.311 e. The molecule has 0 spiro atoms. The fourth-order valence-electron chi connectivity index (χ4n) is 9.53. The van der Waals surface area contributed by atoms with Crippen molar-refractivity contribution < 1.29 is 28.5 Å². The Kier molecular flexibility index (Phi) is 9.87. The number of ether oxygens (including phenoxy) is 4. The molecule has 6 heteroatoms. The van der Waals surface area contributed by atoms with Gasteiger partial charge in [0.25, 0.3) is 0 Å². The van der Waals surface area contributed by atoms with Gasteiger partial charge in [0.1, 0.15) is 0 Å². The maximum atomic E-state index is 12.8. The molecule has 0 aromatic carbocycles. The van der Waals surface area contributed by atoms with Crippen LogP contribution in [-0.2, 0) is 28.5 Å². The van der Waals surface area contributed by atoms with Gasteiger partial charge in [-0.25, -0.2) is 0 Å². The summed E-state index contributed by atoms with van der Waals surface area (Å²) in [4.78, 5) is 25.6. The molecular formula is C34H56O6. The maximum absolute atomic E-state index is 12.8. The van der Waals surface area contributed by atoms with Crippen molar-refractivity contribution in [2.24, 2.45) is 71.0 Å². The van der Waals surface area contributed by atoms with Crippen LogP contribution in [0, 0.1) is 71.0 Å². The zero-order valence-electron chi connectivity index (χ0n) is 26.0. The molecule has 0 amide bonds. The van der Waals surface area contributed by atoms with Gasteiger partial charge in [0.15, 0.2) is 12.6 Å². The Labute approximate surface area is 243 Å². The molecule has 0 aromatic rings. The first-order valence-corrected chi connectivity index (χ1v) is 16.7. The molecule has 0 aromatic heterocycles. The molecule has 10 atom stereocenters. The smallest absolute Gasteiger partial charge is 0.311 e. The van der Waals surface area contributed by atoms with E-state index in [-0.39, 0.29) is 23.8 Å². The third-order valence-corrected chi connectivity index (χ3v) is 11.8. The predicted molar refractivity (Wildman–Crippen MR) is 154 cm³/mol. The highest BCUT2D eigenvalue weighted by molar-refractivity contribution is 5.74. The molecule has 5 aliphatic carbocycles. The summed E-state index contributed by atoms with van der Waals surface area (Å²) in [5, 5.41) is 0. The van der Waals surface area contributed by atoms with Crippen molar-refractivity contribution in [3.8, 4) is 0 Å². The van der Waals surface area contributed by atoms with E-state index in [0.717, 1.165) is 50.4 Å². The molecule has 0 saturated heterocycles. The van der Waals surface area contributed by atoms with Gasteiger partial charge >= 0.3 is 11.9 Å². The van der Waals surface area contributed by atoms with Crippen LogP contribution in [-0.4, -0.2) is 37.7 Å². The van der Waals surface area contributed by atoms with Gasteiger partial charge in [0, 0.05) is 0 Å². The first-order chi connectivity index (χ1) is 19.1. The molecule has 5 rings (SSSR count). The van der Waals surface area contributed by atoms with E-state index >= 15 is 0 Å². The monoisotopic (exact) mass is 560 g/mol. The Morgan fingerprint density at radius 3 is 1.23 bits per heavy atom. The average Bonchev–Trinajstić information content (AvgIpc) is 3.71. The van der Waals surface area contributed by atoms with Gasteiger partial charge < -0.3 is 18.9 Å². The lowest BCUT2D eigenvalue weighted by molar-refractivity contribution is -0.187. The van der Waals surface area contributed by atoms with Gasteiger partial charge in [-0.1, -0.05) is 27.7 Å². The number of hydrogen-bond donors (Lipinski definition) is 0. The third-order valence-electron chi connectivity index (χ3n) is 11.8. The lowest BCUT2D eigenvalue weighted by Gasteiger charge is -2.31. The lowest BCUT2D eigenvalue weighted by atomic mass is 9.77. The fraction of sp³-hybridized carbons (Fsp3) is 0.941. The van der Waals surface area contributed by atoms with E-state index in [1.54, 1.807) is 0 Å². The standard InChI is InChI=1S/C34H56O6/c1-19(2)29-13-27-11-25(29)15-31(27)33(35)39-21(5)37-17-23-7-9-24(10-8-23)18-38-22(6)40-34(36)32-16-26-12-28(32)14-30(26)20(3)4/h19-32H,7-18H2,1-6H3. The summed E-state index contributed by atoms with van der Waals surface area (Å²) < 4.78 is 23.4. The fourth-order valence-corrected chi connectivity index (χ4v) is 9.53. The molecule has 228 valence electrons. The number of rotatable bonds is 12. The summed E-state index contributed by atoms with van der Waals surface area (Å²) in [6.07, 6.45) is 10.2. The van der Waals surface area contributed by atoms with E-state index in [0.29, 0.717) is 60.6 Å². The number of hydrogen-bond acceptors (Lipinski definition) is 6. The van der Waals surface area contributed by atoms with Crippen LogP contribution < -0.4 is 0 Å². The molecular weight excluding hydrogens is 504 g/mol. The average molecular weight is 561 g/mol. The van der Waals surface area contributed by atoms with E-state index in [4.69, 9.17) is 18.9 Å². The van der Waals surface area contributed by atoms with Gasteiger partial charge in [-0.2, -0.15) is 0 Å². The summed E-state index contributed by atoms with van der Waals surface area (Å²) in [5.74, 6) is 6.48. The predicted octanol–water partition coefficient (Wildman–Crippen LogP) is 7.24. The van der Waals surface area contributed by atoms with Gasteiger partial charge in [0.05, 0.1) is 25.0 Å². The number of carbonyl (C=O) groups excluding carboxylic acids is 2. The van der Waals surface area contributed by atoms with Crippen molar-refractivity contribution in [2.45, 2.75) is 118 Å². The minimum Gasteiger partial charge on any atom is -0.436 e. The first-order valence-electron chi connectivity index (χ1n) is 16.7. The topological polar surface area (TPSA) is 71.1 Å². The van der Waals surface area contributed by atoms with Gasteiger partial charge in [-0.05, 0) is 137 Å². The highest BCUT2D eigenvalue weighted by Crippen LogP contribution is 2.55. The van der Waals surface area contributed by atoms with Crippen molar-refractivity contribution >= 4 is 11.9 Å². The van der Waals surface area contributed by atoms with E-state index in [2.05, 4.69) is 27.7 Å². The number of carbonyl (C=O) groups is 2. The molecule has 5 aliphatic rings. The normalized spacial score (nSPS) is 40.1. The highest BCUT2D eigenvalue weighted by Gasteiger charge is 2.51. The van der Waals surface area contributed by atoms with Crippen molar-refractivity contribution in [2.75, 3.05) is 13.2 Å². The molecule has 5 saturated carbocycles. The second-order valence-corrected chi connectivity index (χ2v) is 15.0. The van der Waals surface area contributed by atoms with Crippen LogP contribution in [0.2, 0.25) is 0 Å². The van der Waals surface area contributed by atoms with Crippen LogP contribution in [0.25, 0.3) is 0 Å². The Morgan fingerprint density at radius 1 is 0.550 bits per heavy atom. The van der Waals surface area contributed by atoms with E-state index in [1.165, 1.54) is 25.7 Å². The van der Waals surface area contributed by atoms with E-state index < -0.39 is 12.6 Å². The Balaban J connectivity index is 0.924. The van der Waals surface area contributed by atoms with Crippen LogP contribution in [0.5, 0.6) is 0 Å². The summed E-state index contributed by atoms with van der Waals surface area (Å²) >= 11 is 0. The molecule has 5 fully saturated rings. The first kappa shape index (κ1) is 30.3. The van der Waals surface area contributed by atoms with Crippen LogP contribution in [0.15, 0.2) is 0 Å². The Hall–Kier alpha value is -1.14. The second kappa shape index (κ2) is 13.0. The number of fused-ring (bicyclic) bond motifs is 4. The lowest BCUT2D eigenvalue weighted by Crippen LogP contribution is -2.32.